The number of nitrogens with zero attached hydrogens (tertiary/aromatic N) is 1. The molecule has 0 radical (unpaired) electrons. The minimum Gasteiger partial charge on any atom is -0.388 e. The second-order valence-corrected chi connectivity index (χ2v) is 7.26. The van der Waals surface area contributed by atoms with Gasteiger partial charge in [0.25, 0.3) is 0 Å². The number of hydrogen-bond acceptors (Lipinski definition) is 3. The summed E-state index contributed by atoms with van der Waals surface area (Å²) in [6.45, 7) is 6.17. The Morgan fingerprint density at radius 1 is 1.12 bits per heavy atom. The zero-order chi connectivity index (χ0) is 18.5. The minimum atomic E-state index is -0.415. The van der Waals surface area contributed by atoms with E-state index in [9.17, 15) is 9.90 Å². The molecule has 1 amide bonds. The molecule has 2 aromatic carbocycles. The number of aliphatic hydroxyl groups excluding tert-OH is 1. The van der Waals surface area contributed by atoms with Gasteiger partial charge in [0.2, 0.25) is 5.91 Å². The number of nitrogens with one attached hydrogen (secondary N) is 1. The maximum Gasteiger partial charge on any atom is 0.238 e. The normalized spacial score (nSPS) is 17.0. The van der Waals surface area contributed by atoms with E-state index < -0.39 is 6.10 Å². The number of carbonyl (C=O) groups excluding carboxylic acids is 1. The number of hydrogen-bond donors (Lipinski definition) is 2. The van der Waals surface area contributed by atoms with Crippen molar-refractivity contribution < 1.29 is 9.90 Å². The number of aryl methyl sites for hydroxylation is 1. The smallest absolute Gasteiger partial charge is 0.238 e. The highest BCUT2D eigenvalue weighted by molar-refractivity contribution is 5.93. The Bertz CT molecular complexity index is 737. The first-order valence-corrected chi connectivity index (χ1v) is 9.36. The third-order valence-corrected chi connectivity index (χ3v) is 5.47. The van der Waals surface area contributed by atoms with Crippen molar-refractivity contribution in [3.05, 3.63) is 65.2 Å². The average molecular weight is 352 g/mol. The fourth-order valence-corrected chi connectivity index (χ4v) is 3.63. The molecule has 138 valence electrons. The Balaban J connectivity index is 1.49. The number of aliphatic hydroxyl groups is 1. The summed E-state index contributed by atoms with van der Waals surface area (Å²) in [5, 5.41) is 13.6. The number of carbonyl (C=O) groups is 1. The molecule has 0 spiro atoms. The van der Waals surface area contributed by atoms with Gasteiger partial charge in [-0.1, -0.05) is 42.5 Å². The van der Waals surface area contributed by atoms with Crippen LogP contribution in [-0.4, -0.2) is 35.5 Å². The van der Waals surface area contributed by atoms with Gasteiger partial charge in [0.15, 0.2) is 0 Å². The molecule has 0 aliphatic carbocycles. The first-order chi connectivity index (χ1) is 12.5. The minimum absolute atomic E-state index is 0.0285. The van der Waals surface area contributed by atoms with Gasteiger partial charge < -0.3 is 10.4 Å². The van der Waals surface area contributed by atoms with Gasteiger partial charge in [0, 0.05) is 5.69 Å². The molecule has 2 aromatic rings. The van der Waals surface area contributed by atoms with E-state index in [1.54, 1.807) is 0 Å². The van der Waals surface area contributed by atoms with Crippen molar-refractivity contribution in [2.45, 2.75) is 32.8 Å². The van der Waals surface area contributed by atoms with E-state index in [0.717, 1.165) is 42.7 Å². The van der Waals surface area contributed by atoms with E-state index in [1.165, 1.54) is 5.56 Å². The molecule has 0 aromatic heterocycles. The van der Waals surface area contributed by atoms with E-state index in [4.69, 9.17) is 0 Å². The third kappa shape index (κ3) is 4.51. The van der Waals surface area contributed by atoms with Gasteiger partial charge in [0.1, 0.15) is 0 Å². The Hall–Kier alpha value is -2.17. The summed E-state index contributed by atoms with van der Waals surface area (Å²) >= 11 is 0. The highest BCUT2D eigenvalue weighted by Gasteiger charge is 2.27. The van der Waals surface area contributed by atoms with Crippen LogP contribution in [0.3, 0.4) is 0 Å². The summed E-state index contributed by atoms with van der Waals surface area (Å²) in [4.78, 5) is 14.6. The predicted molar refractivity (Wildman–Crippen MR) is 105 cm³/mol. The zero-order valence-electron chi connectivity index (χ0n) is 15.6. The Kier molecular flexibility index (Phi) is 6.07. The summed E-state index contributed by atoms with van der Waals surface area (Å²) in [5.74, 6) is 0.288. The van der Waals surface area contributed by atoms with Crippen molar-refractivity contribution in [2.24, 2.45) is 5.92 Å². The van der Waals surface area contributed by atoms with Crippen LogP contribution in [0.1, 0.15) is 35.6 Å². The van der Waals surface area contributed by atoms with Crippen LogP contribution in [0.2, 0.25) is 0 Å². The summed E-state index contributed by atoms with van der Waals surface area (Å²) < 4.78 is 0. The van der Waals surface area contributed by atoms with Crippen LogP contribution in [-0.2, 0) is 4.79 Å². The van der Waals surface area contributed by atoms with Crippen LogP contribution in [0.4, 0.5) is 5.69 Å². The highest BCUT2D eigenvalue weighted by atomic mass is 16.3. The SMILES string of the molecule is Cc1cccc(NC(=O)CN2CCC(C(O)c3ccccc3)CC2)c1C. The van der Waals surface area contributed by atoms with Crippen molar-refractivity contribution in [1.82, 2.24) is 4.90 Å². The molecule has 1 fully saturated rings. The average Bonchev–Trinajstić information content (AvgIpc) is 2.66. The maximum absolute atomic E-state index is 12.4. The molecule has 1 atom stereocenters. The lowest BCUT2D eigenvalue weighted by Crippen LogP contribution is -2.40. The number of rotatable bonds is 5. The van der Waals surface area contributed by atoms with Crippen LogP contribution in [0.5, 0.6) is 0 Å². The van der Waals surface area contributed by atoms with E-state index >= 15 is 0 Å². The molecule has 2 N–H and O–H groups in total. The van der Waals surface area contributed by atoms with Crippen molar-refractivity contribution in [3.8, 4) is 0 Å². The number of likely N-dealkylation sites (tertiary alicyclic amines) is 1. The number of piperidine rings is 1. The lowest BCUT2D eigenvalue weighted by molar-refractivity contribution is -0.117. The van der Waals surface area contributed by atoms with E-state index in [0.29, 0.717) is 6.54 Å². The third-order valence-electron chi connectivity index (χ3n) is 5.47. The lowest BCUT2D eigenvalue weighted by atomic mass is 9.87. The molecule has 1 unspecified atom stereocenters. The first kappa shape index (κ1) is 18.6. The van der Waals surface area contributed by atoms with Crippen molar-refractivity contribution in [3.63, 3.8) is 0 Å². The van der Waals surface area contributed by atoms with E-state index in [-0.39, 0.29) is 11.8 Å². The maximum atomic E-state index is 12.4. The Morgan fingerprint density at radius 3 is 2.50 bits per heavy atom. The van der Waals surface area contributed by atoms with Crippen LogP contribution in [0, 0.1) is 19.8 Å². The molecule has 1 aliphatic heterocycles. The fourth-order valence-electron chi connectivity index (χ4n) is 3.63. The van der Waals surface area contributed by atoms with Crippen LogP contribution in [0.25, 0.3) is 0 Å². The molecule has 1 heterocycles. The molecule has 0 bridgehead atoms. The molecule has 1 saturated heterocycles. The molecule has 1 aliphatic rings. The molecule has 26 heavy (non-hydrogen) atoms. The van der Waals surface area contributed by atoms with Crippen molar-refractivity contribution >= 4 is 11.6 Å². The fraction of sp³-hybridized carbons (Fsp3) is 0.409. The van der Waals surface area contributed by atoms with Crippen LogP contribution < -0.4 is 5.32 Å². The van der Waals surface area contributed by atoms with Gasteiger partial charge in [-0.3, -0.25) is 9.69 Å². The van der Waals surface area contributed by atoms with Crippen molar-refractivity contribution in [1.29, 1.82) is 0 Å². The second-order valence-electron chi connectivity index (χ2n) is 7.26. The largest absolute Gasteiger partial charge is 0.388 e. The summed E-state index contributed by atoms with van der Waals surface area (Å²) in [6.07, 6.45) is 1.40. The highest BCUT2D eigenvalue weighted by Crippen LogP contribution is 2.30. The number of benzene rings is 2. The first-order valence-electron chi connectivity index (χ1n) is 9.36. The standard InChI is InChI=1S/C22H28N2O2/c1-16-7-6-10-20(17(16)2)23-21(25)15-24-13-11-19(12-14-24)22(26)18-8-4-3-5-9-18/h3-10,19,22,26H,11-15H2,1-2H3,(H,23,25). The number of anilines is 1. The Labute approximate surface area is 155 Å². The lowest BCUT2D eigenvalue weighted by Gasteiger charge is -2.34. The van der Waals surface area contributed by atoms with Gasteiger partial charge in [-0.2, -0.15) is 0 Å². The van der Waals surface area contributed by atoms with E-state index in [2.05, 4.69) is 10.2 Å². The zero-order valence-corrected chi connectivity index (χ0v) is 15.6. The number of amides is 1. The quantitative estimate of drug-likeness (QED) is 0.863. The van der Waals surface area contributed by atoms with Crippen molar-refractivity contribution in [2.75, 3.05) is 25.0 Å². The van der Waals surface area contributed by atoms with Gasteiger partial charge >= 0.3 is 0 Å². The Morgan fingerprint density at radius 2 is 1.81 bits per heavy atom. The molecular weight excluding hydrogens is 324 g/mol. The molecule has 4 heteroatoms. The molecule has 4 nitrogen and oxygen atoms in total. The van der Waals surface area contributed by atoms with Crippen LogP contribution >= 0.6 is 0 Å². The summed E-state index contributed by atoms with van der Waals surface area (Å²) in [6, 6.07) is 15.8. The topological polar surface area (TPSA) is 52.6 Å². The van der Waals surface area contributed by atoms with Crippen LogP contribution in [0.15, 0.2) is 48.5 Å². The monoisotopic (exact) mass is 352 g/mol. The van der Waals surface area contributed by atoms with Gasteiger partial charge in [-0.05, 0) is 68.5 Å². The summed E-state index contributed by atoms with van der Waals surface area (Å²) in [7, 11) is 0. The molecule has 0 saturated carbocycles. The predicted octanol–water partition coefficient (Wildman–Crippen LogP) is 3.69. The van der Waals surface area contributed by atoms with Gasteiger partial charge in [-0.15, -0.1) is 0 Å². The van der Waals surface area contributed by atoms with E-state index in [1.807, 2.05) is 62.4 Å². The molecule has 3 rings (SSSR count). The second kappa shape index (κ2) is 8.47. The summed E-state index contributed by atoms with van der Waals surface area (Å²) in [5.41, 5.74) is 4.17. The van der Waals surface area contributed by atoms with Gasteiger partial charge in [-0.25, -0.2) is 0 Å². The van der Waals surface area contributed by atoms with Gasteiger partial charge in [0.05, 0.1) is 12.6 Å². The molecular formula is C22H28N2O2.